The number of hydrogen-bond donors (Lipinski definition) is 0. The van der Waals surface area contributed by atoms with Gasteiger partial charge in [-0.25, -0.2) is 0 Å². The molecule has 0 amide bonds. The fourth-order valence-corrected chi connectivity index (χ4v) is 19.7. The van der Waals surface area contributed by atoms with Gasteiger partial charge in [0.2, 0.25) is 0 Å². The maximum absolute atomic E-state index is 3.09. The topological polar surface area (TPSA) is 9.72 Å². The van der Waals surface area contributed by atoms with E-state index in [2.05, 4.69) is 76.1 Å². The third-order valence-corrected chi connectivity index (χ3v) is 20.5. The summed E-state index contributed by atoms with van der Waals surface area (Å²) in [6, 6.07) is 0. The van der Waals surface area contributed by atoms with Crippen LogP contribution in [0.1, 0.15) is 68.2 Å². The number of hydrogen-bond acceptors (Lipinski definition) is 3. The molecule has 146 valence electrons. The summed E-state index contributed by atoms with van der Waals surface area (Å²) in [4.78, 5) is 0. The van der Waals surface area contributed by atoms with Gasteiger partial charge in [-0.3, -0.25) is 0 Å². The Bertz CT molecular complexity index is 415. The molecule has 1 unspecified atom stereocenters. The fraction of sp³-hybridized carbons (Fsp3) is 0.810. The Morgan fingerprint density at radius 2 is 1.20 bits per heavy atom. The van der Waals surface area contributed by atoms with Gasteiger partial charge in [-0.2, -0.15) is 0 Å². The van der Waals surface area contributed by atoms with Crippen LogP contribution in [0.15, 0.2) is 21.0 Å². The van der Waals surface area contributed by atoms with E-state index in [1.54, 1.807) is 5.57 Å². The van der Waals surface area contributed by atoms with Crippen LogP contribution < -0.4 is 0 Å². The minimum absolute atomic E-state index is 0.673. The molecule has 1 aliphatic carbocycles. The molecule has 0 radical (unpaired) electrons. The van der Waals surface area contributed by atoms with Crippen molar-refractivity contribution in [3.63, 3.8) is 0 Å². The van der Waals surface area contributed by atoms with E-state index in [0.717, 1.165) is 39.3 Å². The number of nitrogens with zero attached hydrogens (tertiary/aromatic N) is 3. The van der Waals surface area contributed by atoms with E-state index in [-0.39, 0.29) is 0 Å². The van der Waals surface area contributed by atoms with Gasteiger partial charge in [0.1, 0.15) is 0 Å². The van der Waals surface area contributed by atoms with Crippen molar-refractivity contribution < 1.29 is 21.1 Å². The van der Waals surface area contributed by atoms with Crippen molar-refractivity contribution in [2.45, 2.75) is 68.2 Å². The van der Waals surface area contributed by atoms with E-state index >= 15 is 0 Å². The van der Waals surface area contributed by atoms with Crippen molar-refractivity contribution in [2.75, 3.05) is 39.3 Å². The summed E-state index contributed by atoms with van der Waals surface area (Å²) in [5.74, 6) is 0.673. The van der Waals surface area contributed by atoms with Gasteiger partial charge in [0.05, 0.1) is 0 Å². The molecule has 1 rings (SSSR count). The van der Waals surface area contributed by atoms with E-state index in [1.165, 1.54) is 12.8 Å². The summed E-state index contributed by atoms with van der Waals surface area (Å²) in [5, 5.41) is 0. The molecule has 0 fully saturated rings. The molecule has 0 aromatic heterocycles. The second-order valence-electron chi connectivity index (χ2n) is 7.00. The van der Waals surface area contributed by atoms with Crippen LogP contribution in [-0.2, 0) is 21.1 Å². The van der Waals surface area contributed by atoms with Crippen molar-refractivity contribution >= 4 is 0 Å². The summed E-state index contributed by atoms with van der Waals surface area (Å²) in [6.07, 6.45) is 7.32. The molecule has 0 heterocycles. The third kappa shape index (κ3) is 4.39. The van der Waals surface area contributed by atoms with Gasteiger partial charge in [-0.15, -0.1) is 0 Å². The Morgan fingerprint density at radius 1 is 0.800 bits per heavy atom. The molecule has 0 N–H and O–H groups in total. The van der Waals surface area contributed by atoms with E-state index in [4.69, 9.17) is 0 Å². The van der Waals surface area contributed by atoms with E-state index in [1.807, 2.05) is 3.28 Å². The van der Waals surface area contributed by atoms with Crippen LogP contribution in [0.3, 0.4) is 0 Å². The van der Waals surface area contributed by atoms with Crippen LogP contribution >= 0.6 is 0 Å². The van der Waals surface area contributed by atoms with Crippen molar-refractivity contribution in [2.24, 2.45) is 5.92 Å². The minimum atomic E-state index is -3.09. The van der Waals surface area contributed by atoms with Gasteiger partial charge in [0, 0.05) is 0 Å². The van der Waals surface area contributed by atoms with Crippen LogP contribution in [-0.4, -0.2) is 47.8 Å². The van der Waals surface area contributed by atoms with Crippen LogP contribution in [0.5, 0.6) is 0 Å². The van der Waals surface area contributed by atoms with Crippen molar-refractivity contribution in [1.82, 2.24) is 8.53 Å². The van der Waals surface area contributed by atoms with Gasteiger partial charge in [-0.05, 0) is 0 Å². The van der Waals surface area contributed by atoms with Crippen LogP contribution in [0.2, 0.25) is 0 Å². The first kappa shape index (κ1) is 23.3. The van der Waals surface area contributed by atoms with Gasteiger partial charge in [0.15, 0.2) is 0 Å². The first-order valence-electron chi connectivity index (χ1n) is 10.7. The first-order chi connectivity index (χ1) is 12.0. The predicted molar refractivity (Wildman–Crippen MR) is 109 cm³/mol. The molecule has 0 spiro atoms. The number of allylic oxidation sites excluding steroid dienone is 4. The van der Waals surface area contributed by atoms with Crippen molar-refractivity contribution in [3.8, 4) is 0 Å². The normalized spacial score (nSPS) is 16.8. The zero-order valence-electron chi connectivity index (χ0n) is 18.2. The predicted octanol–water partition coefficient (Wildman–Crippen LogP) is 5.17. The average molecular weight is 429 g/mol. The standard InChI is InChI=1S/C9H13.3C4H10N.Zr/c1-3-8(2)9-6-4-5-7-9;3*1-3-5-4-2;/h4,6,8H,3,5H2,1-2H3;3*3-4H2,1-2H3;/q;3*-1;+3. The van der Waals surface area contributed by atoms with Crippen LogP contribution in [0.4, 0.5) is 0 Å². The second kappa shape index (κ2) is 11.2. The SMILES string of the molecule is CCC(C)C1=[C]([Zr]([N](CC)CC)([N](CC)CC)[N](CC)CC)CC=C1. The Hall–Kier alpha value is 0.243. The molecular formula is C21H43N3Zr. The summed E-state index contributed by atoms with van der Waals surface area (Å²) in [5.41, 5.74) is 1.67. The summed E-state index contributed by atoms with van der Waals surface area (Å²) < 4.78 is 10.5. The molecule has 1 atom stereocenters. The Labute approximate surface area is 163 Å². The summed E-state index contributed by atoms with van der Waals surface area (Å²) >= 11 is -3.09. The first-order valence-corrected chi connectivity index (χ1v) is 15.2. The molecular weight excluding hydrogens is 385 g/mol. The molecule has 1 aliphatic rings. The molecule has 0 bridgehead atoms. The van der Waals surface area contributed by atoms with Crippen molar-refractivity contribution in [1.29, 1.82) is 0 Å². The molecule has 3 nitrogen and oxygen atoms in total. The van der Waals surface area contributed by atoms with Crippen LogP contribution in [0, 0.1) is 5.92 Å². The van der Waals surface area contributed by atoms with E-state index in [0.29, 0.717) is 5.92 Å². The maximum atomic E-state index is 2.90. The fourth-order valence-electron chi connectivity index (χ4n) is 4.70. The molecule has 4 heteroatoms. The third-order valence-electron chi connectivity index (χ3n) is 6.13. The van der Waals surface area contributed by atoms with Crippen LogP contribution in [0.25, 0.3) is 0 Å². The Morgan fingerprint density at radius 3 is 1.52 bits per heavy atom. The molecule has 0 saturated carbocycles. The summed E-state index contributed by atoms with van der Waals surface area (Å²) in [6.45, 7) is 26.0. The number of rotatable bonds is 12. The Kier molecular flexibility index (Phi) is 10.4. The van der Waals surface area contributed by atoms with Gasteiger partial charge in [0.25, 0.3) is 0 Å². The molecule has 0 aromatic carbocycles. The zero-order valence-corrected chi connectivity index (χ0v) is 20.7. The molecule has 0 aromatic rings. The van der Waals surface area contributed by atoms with Gasteiger partial charge >= 0.3 is 164 Å². The van der Waals surface area contributed by atoms with Crippen molar-refractivity contribution in [3.05, 3.63) is 21.0 Å². The van der Waals surface area contributed by atoms with Gasteiger partial charge < -0.3 is 0 Å². The summed E-state index contributed by atoms with van der Waals surface area (Å²) in [7, 11) is 0. The molecule has 25 heavy (non-hydrogen) atoms. The monoisotopic (exact) mass is 427 g/mol. The van der Waals surface area contributed by atoms with E-state index < -0.39 is 21.1 Å². The molecule has 0 aliphatic heterocycles. The molecule has 0 saturated heterocycles. The average Bonchev–Trinajstić information content (AvgIpc) is 3.13. The quantitative estimate of drug-likeness (QED) is 0.424. The van der Waals surface area contributed by atoms with E-state index in [9.17, 15) is 0 Å². The second-order valence-corrected chi connectivity index (χ2v) is 16.3. The zero-order chi connectivity index (χ0) is 19.0. The van der Waals surface area contributed by atoms with Gasteiger partial charge in [-0.1, -0.05) is 0 Å². The Balaban J connectivity index is 3.74.